The lowest BCUT2D eigenvalue weighted by Gasteiger charge is -2.17. The van der Waals surface area contributed by atoms with E-state index in [9.17, 15) is 0 Å². The van der Waals surface area contributed by atoms with E-state index in [1.54, 1.807) is 14.2 Å². The van der Waals surface area contributed by atoms with Gasteiger partial charge in [-0.3, -0.25) is 0 Å². The molecule has 4 heteroatoms. The van der Waals surface area contributed by atoms with Gasteiger partial charge in [-0.1, -0.05) is 60.7 Å². The van der Waals surface area contributed by atoms with Crippen LogP contribution in [0.15, 0.2) is 97.5 Å². The maximum Gasteiger partial charge on any atom is 0.118 e. The highest BCUT2D eigenvalue weighted by atomic mass is 16.5. The van der Waals surface area contributed by atoms with Gasteiger partial charge in [0, 0.05) is 12.5 Å². The molecule has 0 saturated carbocycles. The summed E-state index contributed by atoms with van der Waals surface area (Å²) in [6, 6.07) is 27.1. The van der Waals surface area contributed by atoms with E-state index in [1.165, 1.54) is 16.7 Å². The van der Waals surface area contributed by atoms with Crippen LogP contribution in [-0.4, -0.2) is 23.8 Å². The predicted octanol–water partition coefficient (Wildman–Crippen LogP) is 6.18. The maximum absolute atomic E-state index is 5.34. The van der Waals surface area contributed by atoms with Crippen molar-refractivity contribution in [3.8, 4) is 11.5 Å². The topological polar surface area (TPSA) is 36.3 Å². The Morgan fingerprint density at radius 2 is 1.41 bits per heavy atom. The Kier molecular flexibility index (Phi) is 7.03. The third-order valence-corrected chi connectivity index (χ3v) is 5.64. The van der Waals surface area contributed by atoms with E-state index in [4.69, 9.17) is 9.47 Å². The zero-order valence-corrected chi connectivity index (χ0v) is 18.5. The maximum atomic E-state index is 5.34. The highest BCUT2D eigenvalue weighted by Gasteiger charge is 2.13. The second-order valence-corrected chi connectivity index (χ2v) is 7.67. The van der Waals surface area contributed by atoms with Crippen LogP contribution >= 0.6 is 0 Å². The minimum Gasteiger partial charge on any atom is -0.497 e. The van der Waals surface area contributed by atoms with E-state index >= 15 is 0 Å². The van der Waals surface area contributed by atoms with Crippen molar-refractivity contribution in [2.75, 3.05) is 14.2 Å². The van der Waals surface area contributed by atoms with Crippen molar-refractivity contribution >= 4 is 6.08 Å². The minimum absolute atomic E-state index is 0.230. The van der Waals surface area contributed by atoms with Gasteiger partial charge < -0.3 is 14.0 Å². The Balaban J connectivity index is 1.55. The summed E-state index contributed by atoms with van der Waals surface area (Å²) in [6.07, 6.45) is 9.06. The SMILES string of the molecule is COc1ccc(C(CC=Cc2cncn2Cc2ccccc2)c2ccc(OC)cc2)cc1. The highest BCUT2D eigenvalue weighted by Crippen LogP contribution is 2.31. The zero-order chi connectivity index (χ0) is 22.2. The smallest absolute Gasteiger partial charge is 0.118 e. The number of imidazole rings is 1. The van der Waals surface area contributed by atoms with Crippen molar-refractivity contribution in [3.05, 3.63) is 120 Å². The van der Waals surface area contributed by atoms with Crippen LogP contribution < -0.4 is 9.47 Å². The molecule has 162 valence electrons. The molecule has 1 heterocycles. The number of aromatic nitrogens is 2. The van der Waals surface area contributed by atoms with Gasteiger partial charge in [-0.2, -0.15) is 0 Å². The number of nitrogens with zero attached hydrogens (tertiary/aromatic N) is 2. The van der Waals surface area contributed by atoms with E-state index in [0.717, 1.165) is 30.2 Å². The number of ether oxygens (including phenoxy) is 2. The largest absolute Gasteiger partial charge is 0.497 e. The molecule has 4 rings (SSSR count). The Labute approximate surface area is 189 Å². The van der Waals surface area contributed by atoms with Crippen molar-refractivity contribution in [2.45, 2.75) is 18.9 Å². The Morgan fingerprint density at radius 1 is 0.812 bits per heavy atom. The third-order valence-electron chi connectivity index (χ3n) is 5.64. The van der Waals surface area contributed by atoms with E-state index in [0.29, 0.717) is 0 Å². The summed E-state index contributed by atoms with van der Waals surface area (Å²) in [5.74, 6) is 1.96. The number of hydrogen-bond acceptors (Lipinski definition) is 3. The first-order chi connectivity index (χ1) is 15.8. The minimum atomic E-state index is 0.230. The predicted molar refractivity (Wildman–Crippen MR) is 129 cm³/mol. The summed E-state index contributed by atoms with van der Waals surface area (Å²) in [5.41, 5.74) is 4.85. The molecule has 0 aliphatic heterocycles. The fourth-order valence-corrected chi connectivity index (χ4v) is 3.84. The first-order valence-electron chi connectivity index (χ1n) is 10.8. The van der Waals surface area contributed by atoms with Crippen molar-refractivity contribution in [1.82, 2.24) is 9.55 Å². The molecular formula is C28H28N2O2. The molecule has 0 aliphatic carbocycles. The van der Waals surface area contributed by atoms with Crippen LogP contribution in [0.3, 0.4) is 0 Å². The van der Waals surface area contributed by atoms with Crippen molar-refractivity contribution in [2.24, 2.45) is 0 Å². The molecule has 0 saturated heterocycles. The van der Waals surface area contributed by atoms with E-state index in [2.05, 4.69) is 70.2 Å². The zero-order valence-electron chi connectivity index (χ0n) is 18.5. The second-order valence-electron chi connectivity index (χ2n) is 7.67. The molecule has 0 radical (unpaired) electrons. The van der Waals surface area contributed by atoms with Gasteiger partial charge >= 0.3 is 0 Å². The molecule has 0 atom stereocenters. The summed E-state index contributed by atoms with van der Waals surface area (Å²) in [7, 11) is 3.38. The van der Waals surface area contributed by atoms with Gasteiger partial charge in [0.1, 0.15) is 11.5 Å². The van der Waals surface area contributed by atoms with Gasteiger partial charge in [0.2, 0.25) is 0 Å². The van der Waals surface area contributed by atoms with Crippen LogP contribution in [0.2, 0.25) is 0 Å². The monoisotopic (exact) mass is 424 g/mol. The Bertz CT molecular complexity index is 1080. The quantitative estimate of drug-likeness (QED) is 0.322. The van der Waals surface area contributed by atoms with E-state index in [-0.39, 0.29) is 5.92 Å². The van der Waals surface area contributed by atoms with E-state index < -0.39 is 0 Å². The Hall–Kier alpha value is -3.79. The molecule has 0 spiro atoms. The second kappa shape index (κ2) is 10.5. The standard InChI is InChI=1S/C28H28N2O2/c1-31-26-15-11-23(12-16-26)28(24-13-17-27(32-2)18-14-24)10-6-9-25-19-29-21-30(25)20-22-7-4-3-5-8-22/h3-9,11-19,21,28H,10,20H2,1-2H3. The molecule has 1 aromatic heterocycles. The molecule has 3 aromatic carbocycles. The highest BCUT2D eigenvalue weighted by molar-refractivity contribution is 5.46. The lowest BCUT2D eigenvalue weighted by atomic mass is 9.88. The lowest BCUT2D eigenvalue weighted by molar-refractivity contribution is 0.414. The first kappa shape index (κ1) is 21.4. The van der Waals surface area contributed by atoms with Gasteiger partial charge in [0.05, 0.1) is 32.4 Å². The first-order valence-corrected chi connectivity index (χ1v) is 10.8. The molecular weight excluding hydrogens is 396 g/mol. The molecule has 0 N–H and O–H groups in total. The number of benzene rings is 3. The lowest BCUT2D eigenvalue weighted by Crippen LogP contribution is -2.01. The fraction of sp³-hybridized carbons (Fsp3) is 0.179. The van der Waals surface area contributed by atoms with Crippen molar-refractivity contribution in [3.63, 3.8) is 0 Å². The van der Waals surface area contributed by atoms with Crippen LogP contribution in [0.25, 0.3) is 6.08 Å². The normalized spacial score (nSPS) is 11.2. The summed E-state index contributed by atoms with van der Waals surface area (Å²) in [5, 5.41) is 0. The number of allylic oxidation sites excluding steroid dienone is 1. The molecule has 0 bridgehead atoms. The van der Waals surface area contributed by atoms with Gasteiger partial charge in [0.15, 0.2) is 0 Å². The molecule has 0 unspecified atom stereocenters. The van der Waals surface area contributed by atoms with Crippen LogP contribution in [0.1, 0.15) is 34.7 Å². The van der Waals surface area contributed by atoms with Gasteiger partial charge in [0.25, 0.3) is 0 Å². The third kappa shape index (κ3) is 5.27. The molecule has 0 amide bonds. The average Bonchev–Trinajstić information content (AvgIpc) is 3.29. The Morgan fingerprint density at radius 3 is 1.97 bits per heavy atom. The van der Waals surface area contributed by atoms with Crippen LogP contribution in [0.4, 0.5) is 0 Å². The molecule has 4 aromatic rings. The van der Waals surface area contributed by atoms with Crippen LogP contribution in [0.5, 0.6) is 11.5 Å². The summed E-state index contributed by atoms with van der Waals surface area (Å²) >= 11 is 0. The average molecular weight is 425 g/mol. The van der Waals surface area contributed by atoms with Crippen molar-refractivity contribution < 1.29 is 9.47 Å². The molecule has 32 heavy (non-hydrogen) atoms. The summed E-state index contributed by atoms with van der Waals surface area (Å²) in [4.78, 5) is 4.35. The van der Waals surface area contributed by atoms with Gasteiger partial charge in [-0.15, -0.1) is 0 Å². The van der Waals surface area contributed by atoms with Crippen molar-refractivity contribution in [1.29, 1.82) is 0 Å². The molecule has 0 fully saturated rings. The summed E-state index contributed by atoms with van der Waals surface area (Å²) in [6.45, 7) is 0.806. The summed E-state index contributed by atoms with van der Waals surface area (Å²) < 4.78 is 12.8. The van der Waals surface area contributed by atoms with E-state index in [1.807, 2.05) is 42.9 Å². The number of rotatable bonds is 9. The van der Waals surface area contributed by atoms with Crippen LogP contribution in [-0.2, 0) is 6.54 Å². The number of methoxy groups -OCH3 is 2. The fourth-order valence-electron chi connectivity index (χ4n) is 3.84. The molecule has 0 aliphatic rings. The van der Waals surface area contributed by atoms with Gasteiger partial charge in [-0.25, -0.2) is 4.98 Å². The number of hydrogen-bond donors (Lipinski definition) is 0. The van der Waals surface area contributed by atoms with Gasteiger partial charge in [-0.05, 0) is 53.5 Å². The molecule has 4 nitrogen and oxygen atoms in total. The van der Waals surface area contributed by atoms with Crippen LogP contribution in [0, 0.1) is 0 Å².